The highest BCUT2D eigenvalue weighted by Gasteiger charge is 2.27. The van der Waals surface area contributed by atoms with Crippen LogP contribution >= 0.6 is 0 Å². The number of rotatable bonds is 6. The molecular formula is C7H11F3O4. The Morgan fingerprint density at radius 3 is 2.43 bits per heavy atom. The van der Waals surface area contributed by atoms with Gasteiger partial charge in [0.2, 0.25) is 0 Å². The van der Waals surface area contributed by atoms with Gasteiger partial charge in [0.1, 0.15) is 6.61 Å². The Morgan fingerprint density at radius 1 is 1.43 bits per heavy atom. The third kappa shape index (κ3) is 7.81. The maximum atomic E-state index is 11.5. The second-order valence-electron chi connectivity index (χ2n) is 2.52. The molecule has 84 valence electrons. The lowest BCUT2D eigenvalue weighted by molar-refractivity contribution is -0.178. The van der Waals surface area contributed by atoms with Crippen molar-refractivity contribution in [2.24, 2.45) is 0 Å². The molecule has 0 aromatic carbocycles. The monoisotopic (exact) mass is 216 g/mol. The molecule has 0 rings (SSSR count). The Bertz CT molecular complexity index is 180. The van der Waals surface area contributed by atoms with Crippen LogP contribution in [0.5, 0.6) is 0 Å². The number of carboxylic acid groups (broad SMARTS) is 1. The van der Waals surface area contributed by atoms with Gasteiger partial charge in [-0.15, -0.1) is 0 Å². The normalized spacial score (nSPS) is 14.0. The average molecular weight is 216 g/mol. The van der Waals surface area contributed by atoms with E-state index in [-0.39, 0.29) is 13.2 Å². The van der Waals surface area contributed by atoms with Crippen LogP contribution in [0.15, 0.2) is 0 Å². The molecule has 0 unspecified atom stereocenters. The van der Waals surface area contributed by atoms with Crippen LogP contribution in [0.2, 0.25) is 0 Å². The smallest absolute Gasteiger partial charge is 0.411 e. The summed E-state index contributed by atoms with van der Waals surface area (Å²) in [6.45, 7) is -0.523. The second kappa shape index (κ2) is 5.82. The highest BCUT2D eigenvalue weighted by molar-refractivity contribution is 5.71. The number of aliphatic carboxylic acids is 1. The topological polar surface area (TPSA) is 55.8 Å². The molecule has 7 heteroatoms. The third-order valence-electron chi connectivity index (χ3n) is 1.21. The predicted octanol–water partition coefficient (Wildman–Crippen LogP) is 1.05. The summed E-state index contributed by atoms with van der Waals surface area (Å²) in [5.74, 6) is -1.17. The lowest BCUT2D eigenvalue weighted by atomic mass is 10.4. The fraction of sp³-hybridized carbons (Fsp3) is 0.857. The first-order valence-corrected chi connectivity index (χ1v) is 3.82. The number of hydrogen-bond donors (Lipinski definition) is 1. The van der Waals surface area contributed by atoms with Crippen LogP contribution in [0.4, 0.5) is 13.2 Å². The molecule has 0 aromatic heterocycles. The standard InChI is InChI=1S/C7H11F3O4/c1-5(6(11)12)14-3-2-13-4-7(8,9)10/h5H,2-4H2,1H3,(H,11,12)/t5-/m0/s1. The molecule has 0 spiro atoms. The summed E-state index contributed by atoms with van der Waals surface area (Å²) in [5, 5.41) is 8.32. The van der Waals surface area contributed by atoms with Crippen LogP contribution in [0.1, 0.15) is 6.92 Å². The van der Waals surface area contributed by atoms with Crippen LogP contribution in [0, 0.1) is 0 Å². The summed E-state index contributed by atoms with van der Waals surface area (Å²) in [4.78, 5) is 10.2. The van der Waals surface area contributed by atoms with Gasteiger partial charge in [-0.2, -0.15) is 13.2 Å². The lowest BCUT2D eigenvalue weighted by Gasteiger charge is -2.09. The molecule has 0 heterocycles. The number of halogens is 3. The van der Waals surface area contributed by atoms with Crippen molar-refractivity contribution < 1.29 is 32.5 Å². The van der Waals surface area contributed by atoms with Gasteiger partial charge in [-0.05, 0) is 6.92 Å². The Kier molecular flexibility index (Phi) is 5.47. The molecule has 0 bridgehead atoms. The van der Waals surface area contributed by atoms with Gasteiger partial charge >= 0.3 is 12.1 Å². The van der Waals surface area contributed by atoms with Crippen LogP contribution in [0.3, 0.4) is 0 Å². The molecular weight excluding hydrogens is 205 g/mol. The van der Waals surface area contributed by atoms with E-state index < -0.39 is 24.9 Å². The maximum Gasteiger partial charge on any atom is 0.411 e. The molecule has 0 aliphatic carbocycles. The van der Waals surface area contributed by atoms with Gasteiger partial charge in [-0.25, -0.2) is 4.79 Å². The Hall–Kier alpha value is -0.820. The minimum absolute atomic E-state index is 0.177. The first kappa shape index (κ1) is 13.2. The van der Waals surface area contributed by atoms with Crippen molar-refractivity contribution in [1.82, 2.24) is 0 Å². The van der Waals surface area contributed by atoms with E-state index in [0.717, 1.165) is 0 Å². The lowest BCUT2D eigenvalue weighted by Crippen LogP contribution is -2.23. The van der Waals surface area contributed by atoms with Crippen LogP contribution in [-0.2, 0) is 14.3 Å². The van der Waals surface area contributed by atoms with Gasteiger partial charge in [0, 0.05) is 0 Å². The fourth-order valence-corrected chi connectivity index (χ4v) is 0.543. The molecule has 0 saturated carbocycles. The number of ether oxygens (including phenoxy) is 2. The van der Waals surface area contributed by atoms with E-state index in [9.17, 15) is 18.0 Å². The van der Waals surface area contributed by atoms with Gasteiger partial charge in [-0.1, -0.05) is 0 Å². The minimum atomic E-state index is -4.36. The van der Waals surface area contributed by atoms with E-state index in [2.05, 4.69) is 9.47 Å². The van der Waals surface area contributed by atoms with E-state index in [1.54, 1.807) is 0 Å². The first-order valence-electron chi connectivity index (χ1n) is 3.82. The summed E-state index contributed by atoms with van der Waals surface area (Å²) < 4.78 is 43.3. The van der Waals surface area contributed by atoms with Crippen LogP contribution in [-0.4, -0.2) is 43.2 Å². The van der Waals surface area contributed by atoms with Crippen molar-refractivity contribution in [2.75, 3.05) is 19.8 Å². The zero-order valence-corrected chi connectivity index (χ0v) is 7.50. The zero-order chi connectivity index (χ0) is 11.2. The summed E-state index contributed by atoms with van der Waals surface area (Å²) in [6, 6.07) is 0. The first-order chi connectivity index (χ1) is 6.33. The number of carboxylic acids is 1. The van der Waals surface area contributed by atoms with Crippen LogP contribution < -0.4 is 0 Å². The van der Waals surface area contributed by atoms with Gasteiger partial charge in [0.25, 0.3) is 0 Å². The minimum Gasteiger partial charge on any atom is -0.479 e. The molecule has 0 aromatic rings. The highest BCUT2D eigenvalue weighted by Crippen LogP contribution is 2.14. The summed E-state index contributed by atoms with van der Waals surface area (Å²) >= 11 is 0. The molecule has 0 aliphatic heterocycles. The molecule has 0 amide bonds. The molecule has 0 fully saturated rings. The summed E-state index contributed by atoms with van der Waals surface area (Å²) in [5.41, 5.74) is 0. The zero-order valence-electron chi connectivity index (χ0n) is 7.50. The van der Waals surface area contributed by atoms with Crippen molar-refractivity contribution in [3.05, 3.63) is 0 Å². The second-order valence-corrected chi connectivity index (χ2v) is 2.52. The van der Waals surface area contributed by atoms with Gasteiger partial charge < -0.3 is 14.6 Å². The summed E-state index contributed by atoms with van der Waals surface area (Å²) in [6.07, 6.45) is -5.40. The molecule has 1 atom stereocenters. The van der Waals surface area contributed by atoms with E-state index >= 15 is 0 Å². The van der Waals surface area contributed by atoms with E-state index in [4.69, 9.17) is 5.11 Å². The summed E-state index contributed by atoms with van der Waals surface area (Å²) in [7, 11) is 0. The molecule has 4 nitrogen and oxygen atoms in total. The SMILES string of the molecule is C[C@H](OCCOCC(F)(F)F)C(=O)O. The third-order valence-corrected chi connectivity index (χ3v) is 1.21. The Labute approximate surface area is 78.6 Å². The highest BCUT2D eigenvalue weighted by atomic mass is 19.4. The fourth-order valence-electron chi connectivity index (χ4n) is 0.543. The largest absolute Gasteiger partial charge is 0.479 e. The number of alkyl halides is 3. The van der Waals surface area contributed by atoms with E-state index in [1.165, 1.54) is 6.92 Å². The van der Waals surface area contributed by atoms with Crippen molar-refractivity contribution >= 4 is 5.97 Å². The Morgan fingerprint density at radius 2 is 2.00 bits per heavy atom. The number of carbonyl (C=O) groups is 1. The number of hydrogen-bond acceptors (Lipinski definition) is 3. The van der Waals surface area contributed by atoms with Crippen molar-refractivity contribution in [2.45, 2.75) is 19.2 Å². The molecule has 0 saturated heterocycles. The van der Waals surface area contributed by atoms with Crippen molar-refractivity contribution in [1.29, 1.82) is 0 Å². The average Bonchev–Trinajstić information content (AvgIpc) is 2.01. The molecule has 1 N–H and O–H groups in total. The van der Waals surface area contributed by atoms with Crippen LogP contribution in [0.25, 0.3) is 0 Å². The predicted molar refractivity (Wildman–Crippen MR) is 39.9 cm³/mol. The van der Waals surface area contributed by atoms with E-state index in [1.807, 2.05) is 0 Å². The van der Waals surface area contributed by atoms with Gasteiger partial charge in [-0.3, -0.25) is 0 Å². The molecule has 0 radical (unpaired) electrons. The van der Waals surface area contributed by atoms with E-state index in [0.29, 0.717) is 0 Å². The Balaban J connectivity index is 3.35. The van der Waals surface area contributed by atoms with Crippen molar-refractivity contribution in [3.8, 4) is 0 Å². The van der Waals surface area contributed by atoms with Gasteiger partial charge in [0.05, 0.1) is 13.2 Å². The maximum absolute atomic E-state index is 11.5. The molecule has 0 aliphatic rings. The van der Waals surface area contributed by atoms with Gasteiger partial charge in [0.15, 0.2) is 6.10 Å². The quantitative estimate of drug-likeness (QED) is 0.674. The molecule has 14 heavy (non-hydrogen) atoms. The van der Waals surface area contributed by atoms with Crippen molar-refractivity contribution in [3.63, 3.8) is 0 Å².